The highest BCUT2D eigenvalue weighted by atomic mass is 31.2. The Kier molecular flexibility index (Phi) is 6.61. The number of ether oxygens (including phenoxy) is 1. The molecule has 0 N–H and O–H groups in total. The maximum Gasteiger partial charge on any atom is 0.442 e. The summed E-state index contributed by atoms with van der Waals surface area (Å²) in [6.45, 7) is 1.93. The van der Waals surface area contributed by atoms with Crippen LogP contribution in [0.5, 0.6) is 17.2 Å². The summed E-state index contributed by atoms with van der Waals surface area (Å²) in [5, 5.41) is 0. The lowest BCUT2D eigenvalue weighted by atomic mass is 10.0. The Morgan fingerprint density at radius 2 is 1.28 bits per heavy atom. The van der Waals surface area contributed by atoms with Gasteiger partial charge in [-0.15, -0.1) is 0 Å². The van der Waals surface area contributed by atoms with Crippen LogP contribution in [-0.4, -0.2) is 6.09 Å². The second kappa shape index (κ2) is 10.1. The Hall–Kier alpha value is -4.28. The normalized spacial score (nSPS) is 14.6. The van der Waals surface area contributed by atoms with Crippen molar-refractivity contribution in [2.75, 3.05) is 4.90 Å². The quantitative estimate of drug-likeness (QED) is 0.253. The molecule has 36 heavy (non-hydrogen) atoms. The minimum absolute atomic E-state index is 0.421. The average Bonchev–Trinajstić information content (AvgIpc) is 2.89. The van der Waals surface area contributed by atoms with Gasteiger partial charge in [0.05, 0.1) is 5.69 Å². The molecule has 1 heterocycles. The van der Waals surface area contributed by atoms with Crippen LogP contribution in [-0.2, 0) is 4.57 Å². The van der Waals surface area contributed by atoms with Gasteiger partial charge in [0.15, 0.2) is 0 Å². The summed E-state index contributed by atoms with van der Waals surface area (Å²) in [5.74, 6) is 1.27. The highest BCUT2D eigenvalue weighted by molar-refractivity contribution is 7.55. The molecule has 0 aliphatic carbocycles. The lowest BCUT2D eigenvalue weighted by molar-refractivity contribution is 0.210. The molecule has 0 bridgehead atoms. The predicted octanol–water partition coefficient (Wildman–Crippen LogP) is 7.92. The molecule has 0 saturated carbocycles. The smallest absolute Gasteiger partial charge is 0.415 e. The number of allylic oxidation sites excluding steroid dienone is 1. The molecule has 0 saturated heterocycles. The van der Waals surface area contributed by atoms with Crippen molar-refractivity contribution in [2.45, 2.75) is 12.6 Å². The predicted molar refractivity (Wildman–Crippen MR) is 140 cm³/mol. The minimum atomic E-state index is -3.87. The number of carbonyl (C=O) groups excluding carboxylic acids is 1. The number of nitrogens with zero attached hydrogens (tertiary/aromatic N) is 1. The summed E-state index contributed by atoms with van der Waals surface area (Å²) < 4.78 is 32.2. The Labute approximate surface area is 209 Å². The Morgan fingerprint density at radius 3 is 1.83 bits per heavy atom. The second-order valence-corrected chi connectivity index (χ2v) is 10.2. The number of para-hydroxylation sites is 3. The van der Waals surface area contributed by atoms with E-state index in [0.29, 0.717) is 28.5 Å². The van der Waals surface area contributed by atoms with Gasteiger partial charge < -0.3 is 13.8 Å². The fourth-order valence-corrected chi connectivity index (χ4v) is 5.87. The van der Waals surface area contributed by atoms with E-state index in [9.17, 15) is 9.36 Å². The van der Waals surface area contributed by atoms with Crippen molar-refractivity contribution in [2.24, 2.45) is 0 Å². The number of anilines is 1. The van der Waals surface area contributed by atoms with E-state index in [1.165, 1.54) is 4.90 Å². The summed E-state index contributed by atoms with van der Waals surface area (Å²) in [6.07, 6.45) is 2.65. The summed E-state index contributed by atoms with van der Waals surface area (Å²) in [4.78, 5) is 14.5. The van der Waals surface area contributed by atoms with Crippen molar-refractivity contribution in [3.63, 3.8) is 0 Å². The van der Waals surface area contributed by atoms with Gasteiger partial charge >= 0.3 is 13.7 Å². The molecule has 0 spiro atoms. The van der Waals surface area contributed by atoms with Gasteiger partial charge in [0.1, 0.15) is 22.9 Å². The molecule has 4 aromatic carbocycles. The topological polar surface area (TPSA) is 65.1 Å². The lowest BCUT2D eigenvalue weighted by Crippen LogP contribution is -2.32. The molecule has 7 heteroatoms. The molecule has 0 fully saturated rings. The van der Waals surface area contributed by atoms with Gasteiger partial charge in [0.2, 0.25) is 0 Å². The van der Waals surface area contributed by atoms with E-state index >= 15 is 0 Å². The van der Waals surface area contributed by atoms with Crippen LogP contribution in [0.3, 0.4) is 0 Å². The van der Waals surface area contributed by atoms with Crippen LogP contribution in [0.2, 0.25) is 0 Å². The first-order valence-corrected chi connectivity index (χ1v) is 13.1. The summed E-state index contributed by atoms with van der Waals surface area (Å²) in [7, 11) is -3.87. The van der Waals surface area contributed by atoms with Crippen molar-refractivity contribution < 1.29 is 23.1 Å². The van der Waals surface area contributed by atoms with E-state index in [1.54, 1.807) is 85.1 Å². The van der Waals surface area contributed by atoms with Gasteiger partial charge in [0, 0.05) is 6.20 Å². The number of carbonyl (C=O) groups is 1. The van der Waals surface area contributed by atoms with Crippen LogP contribution in [0.1, 0.15) is 16.8 Å². The zero-order valence-corrected chi connectivity index (χ0v) is 20.5. The molecule has 1 atom stereocenters. The third-order valence-corrected chi connectivity index (χ3v) is 7.68. The molecule has 0 radical (unpaired) electrons. The summed E-state index contributed by atoms with van der Waals surface area (Å²) in [6, 6.07) is 32.3. The largest absolute Gasteiger partial charge is 0.442 e. The van der Waals surface area contributed by atoms with E-state index in [0.717, 1.165) is 5.56 Å². The second-order valence-electron chi connectivity index (χ2n) is 8.25. The maximum absolute atomic E-state index is 14.5. The van der Waals surface area contributed by atoms with Gasteiger partial charge in [-0.3, -0.25) is 4.90 Å². The number of benzene rings is 4. The monoisotopic (exact) mass is 497 g/mol. The van der Waals surface area contributed by atoms with Crippen molar-refractivity contribution in [1.29, 1.82) is 0 Å². The average molecular weight is 497 g/mol. The van der Waals surface area contributed by atoms with Crippen molar-refractivity contribution in [1.82, 2.24) is 0 Å². The molecule has 1 aliphatic heterocycles. The zero-order chi connectivity index (χ0) is 25.0. The molecule has 4 aromatic rings. The molecular weight excluding hydrogens is 473 g/mol. The van der Waals surface area contributed by atoms with E-state index in [1.807, 2.05) is 43.3 Å². The van der Waals surface area contributed by atoms with E-state index < -0.39 is 19.3 Å². The van der Waals surface area contributed by atoms with Crippen LogP contribution in [0.15, 0.2) is 121 Å². The van der Waals surface area contributed by atoms with Gasteiger partial charge in [-0.2, -0.15) is 0 Å². The fraction of sp³-hybridized carbons (Fsp3) is 0.0690. The lowest BCUT2D eigenvalue weighted by Gasteiger charge is -2.32. The standard InChI is InChI=1S/C29H24NO5P/c1-22-17-18-26-27(21-22)30(29(31)33-23-11-5-2-6-12-23)20-19-28(26)36(32,34-24-13-7-3-8-14-24)35-25-15-9-4-10-16-25/h2-21,28H,1H3. The molecule has 1 amide bonds. The van der Waals surface area contributed by atoms with Crippen molar-refractivity contribution >= 4 is 19.4 Å². The van der Waals surface area contributed by atoms with Crippen LogP contribution < -0.4 is 18.7 Å². The Balaban J connectivity index is 1.54. The van der Waals surface area contributed by atoms with Crippen molar-refractivity contribution in [3.05, 3.63) is 133 Å². The highest BCUT2D eigenvalue weighted by Crippen LogP contribution is 2.63. The van der Waals surface area contributed by atoms with E-state index in [-0.39, 0.29) is 0 Å². The highest BCUT2D eigenvalue weighted by Gasteiger charge is 2.43. The minimum Gasteiger partial charge on any atom is -0.415 e. The Morgan fingerprint density at radius 1 is 0.750 bits per heavy atom. The molecule has 1 aliphatic rings. The number of amides is 1. The molecular formula is C29H24NO5P. The van der Waals surface area contributed by atoms with Gasteiger partial charge in [-0.25, -0.2) is 9.36 Å². The van der Waals surface area contributed by atoms with Crippen LogP contribution >= 0.6 is 7.60 Å². The zero-order valence-electron chi connectivity index (χ0n) is 19.6. The third-order valence-electron chi connectivity index (χ3n) is 5.62. The maximum atomic E-state index is 14.5. The Bertz CT molecular complexity index is 1380. The number of aryl methyl sites for hydroxylation is 1. The van der Waals surface area contributed by atoms with Crippen LogP contribution in [0.4, 0.5) is 10.5 Å². The molecule has 5 rings (SSSR count). The van der Waals surface area contributed by atoms with Gasteiger partial charge in [0.25, 0.3) is 0 Å². The summed E-state index contributed by atoms with van der Waals surface area (Å²) >= 11 is 0. The first kappa shape index (κ1) is 23.5. The van der Waals surface area contributed by atoms with E-state index in [4.69, 9.17) is 13.8 Å². The van der Waals surface area contributed by atoms with Crippen LogP contribution in [0, 0.1) is 6.92 Å². The SMILES string of the molecule is Cc1ccc2c(c1)N(C(=O)Oc1ccccc1)C=CC2P(=O)(Oc1ccccc1)Oc1ccccc1. The van der Waals surface area contributed by atoms with Gasteiger partial charge in [-0.1, -0.05) is 66.7 Å². The number of fused-ring (bicyclic) bond motifs is 1. The first-order chi connectivity index (χ1) is 17.5. The molecule has 1 unspecified atom stereocenters. The first-order valence-electron chi connectivity index (χ1n) is 11.5. The molecule has 180 valence electrons. The number of hydrogen-bond acceptors (Lipinski definition) is 5. The molecule has 6 nitrogen and oxygen atoms in total. The molecule has 0 aromatic heterocycles. The van der Waals surface area contributed by atoms with Gasteiger partial charge in [-0.05, 0) is 66.6 Å². The number of hydrogen-bond donors (Lipinski definition) is 0. The summed E-state index contributed by atoms with van der Waals surface area (Å²) in [5.41, 5.74) is 1.35. The number of rotatable bonds is 6. The van der Waals surface area contributed by atoms with Crippen LogP contribution in [0.25, 0.3) is 0 Å². The third kappa shape index (κ3) is 5.04. The fourth-order valence-electron chi connectivity index (χ4n) is 3.93. The van der Waals surface area contributed by atoms with E-state index in [2.05, 4.69) is 0 Å². The van der Waals surface area contributed by atoms with Crippen molar-refractivity contribution in [3.8, 4) is 17.2 Å².